The summed E-state index contributed by atoms with van der Waals surface area (Å²) in [5.74, 6) is 0.605. The molecule has 0 saturated heterocycles. The zero-order chi connectivity index (χ0) is 12.7. The maximum Gasteiger partial charge on any atom is 0.218 e. The van der Waals surface area contributed by atoms with Crippen molar-refractivity contribution in [3.8, 4) is 5.88 Å². The predicted molar refractivity (Wildman–Crippen MR) is 64.8 cm³/mol. The largest absolute Gasteiger partial charge is 0.475 e. The number of hydrogen-bond acceptors (Lipinski definition) is 5. The van der Waals surface area contributed by atoms with Crippen molar-refractivity contribution in [3.63, 3.8) is 0 Å². The number of aliphatic hydroxyl groups is 2. The summed E-state index contributed by atoms with van der Waals surface area (Å²) in [5.41, 5.74) is 0.936. The predicted octanol–water partition coefficient (Wildman–Crippen LogP) is 0.312. The average molecular weight is 240 g/mol. The number of nitrogens with one attached hydrogen (secondary N) is 1. The Bertz CT molecular complexity index is 331. The van der Waals surface area contributed by atoms with Gasteiger partial charge in [-0.3, -0.25) is 0 Å². The summed E-state index contributed by atoms with van der Waals surface area (Å²) in [6.45, 7) is 4.54. The van der Waals surface area contributed by atoms with Gasteiger partial charge in [-0.05, 0) is 19.9 Å². The molecule has 0 amide bonds. The number of hydrogen-bond donors (Lipinski definition) is 3. The number of rotatable bonds is 7. The normalized spacial score (nSPS) is 12.8. The molecular formula is C12H20N2O3. The second-order valence-corrected chi connectivity index (χ2v) is 4.10. The van der Waals surface area contributed by atoms with E-state index in [-0.39, 0.29) is 12.7 Å². The van der Waals surface area contributed by atoms with Gasteiger partial charge in [-0.1, -0.05) is 6.07 Å². The van der Waals surface area contributed by atoms with Crippen molar-refractivity contribution >= 4 is 0 Å². The molecule has 0 bridgehead atoms. The van der Waals surface area contributed by atoms with Crippen molar-refractivity contribution < 1.29 is 14.9 Å². The molecule has 5 heteroatoms. The van der Waals surface area contributed by atoms with Crippen LogP contribution in [0.1, 0.15) is 19.4 Å². The molecule has 1 atom stereocenters. The van der Waals surface area contributed by atoms with E-state index in [0.29, 0.717) is 19.0 Å². The van der Waals surface area contributed by atoms with E-state index >= 15 is 0 Å². The lowest BCUT2D eigenvalue weighted by Gasteiger charge is -2.14. The molecule has 0 aliphatic rings. The molecule has 1 aromatic heterocycles. The topological polar surface area (TPSA) is 74.6 Å². The van der Waals surface area contributed by atoms with E-state index in [1.54, 1.807) is 6.20 Å². The molecule has 0 aliphatic carbocycles. The highest BCUT2D eigenvalue weighted by Crippen LogP contribution is 2.15. The number of aromatic nitrogens is 1. The van der Waals surface area contributed by atoms with Gasteiger partial charge in [-0.2, -0.15) is 0 Å². The maximum atomic E-state index is 9.19. The second-order valence-electron chi connectivity index (χ2n) is 4.10. The lowest BCUT2D eigenvalue weighted by Crippen LogP contribution is -2.29. The average Bonchev–Trinajstić information content (AvgIpc) is 2.30. The molecule has 1 unspecified atom stereocenters. The number of ether oxygens (including phenoxy) is 1. The van der Waals surface area contributed by atoms with Gasteiger partial charge in [-0.25, -0.2) is 4.98 Å². The van der Waals surface area contributed by atoms with Gasteiger partial charge in [0.1, 0.15) is 0 Å². The van der Waals surface area contributed by atoms with Crippen LogP contribution in [0.5, 0.6) is 5.88 Å². The Morgan fingerprint density at radius 3 is 2.88 bits per heavy atom. The standard InChI is InChI=1S/C12H20N2O3/c1-9(2)17-12-10(4-3-5-14-12)6-13-7-11(16)8-15/h3-5,9,11,13,15-16H,6-8H2,1-2H3. The Morgan fingerprint density at radius 1 is 1.47 bits per heavy atom. The molecule has 0 saturated carbocycles. The van der Waals surface area contributed by atoms with E-state index in [4.69, 9.17) is 9.84 Å². The molecular weight excluding hydrogens is 220 g/mol. The highest BCUT2D eigenvalue weighted by molar-refractivity contribution is 5.25. The van der Waals surface area contributed by atoms with Crippen LogP contribution in [0.15, 0.2) is 18.3 Å². The summed E-state index contributed by atoms with van der Waals surface area (Å²) in [6.07, 6.45) is 1.02. The van der Waals surface area contributed by atoms with Crippen LogP contribution in [-0.2, 0) is 6.54 Å². The molecule has 1 rings (SSSR count). The van der Waals surface area contributed by atoms with Crippen LogP contribution in [0.3, 0.4) is 0 Å². The summed E-state index contributed by atoms with van der Waals surface area (Å²) in [6, 6.07) is 3.76. The molecule has 5 nitrogen and oxygen atoms in total. The SMILES string of the molecule is CC(C)Oc1ncccc1CNCC(O)CO. The van der Waals surface area contributed by atoms with Crippen LogP contribution in [0, 0.1) is 0 Å². The summed E-state index contributed by atoms with van der Waals surface area (Å²) in [7, 11) is 0. The molecule has 0 spiro atoms. The Balaban J connectivity index is 2.51. The summed E-state index contributed by atoms with van der Waals surface area (Å²) >= 11 is 0. The van der Waals surface area contributed by atoms with Gasteiger partial charge in [0.25, 0.3) is 0 Å². The lowest BCUT2D eigenvalue weighted by molar-refractivity contribution is 0.0941. The summed E-state index contributed by atoms with van der Waals surface area (Å²) < 4.78 is 5.57. The van der Waals surface area contributed by atoms with Crippen LogP contribution in [0.2, 0.25) is 0 Å². The minimum atomic E-state index is -0.735. The zero-order valence-electron chi connectivity index (χ0n) is 10.3. The number of nitrogens with zero attached hydrogens (tertiary/aromatic N) is 1. The Kier molecular flexibility index (Phi) is 5.90. The van der Waals surface area contributed by atoms with E-state index in [9.17, 15) is 5.11 Å². The van der Waals surface area contributed by atoms with Crippen LogP contribution in [0.4, 0.5) is 0 Å². The first kappa shape index (κ1) is 13.9. The zero-order valence-corrected chi connectivity index (χ0v) is 10.3. The first-order valence-corrected chi connectivity index (χ1v) is 5.73. The van der Waals surface area contributed by atoms with Gasteiger partial charge < -0.3 is 20.3 Å². The minimum Gasteiger partial charge on any atom is -0.475 e. The minimum absolute atomic E-state index is 0.0756. The molecule has 17 heavy (non-hydrogen) atoms. The second kappa shape index (κ2) is 7.21. The van der Waals surface area contributed by atoms with Crippen LogP contribution in [0.25, 0.3) is 0 Å². The van der Waals surface area contributed by atoms with E-state index < -0.39 is 6.10 Å². The fourth-order valence-electron chi connectivity index (χ4n) is 1.33. The van der Waals surface area contributed by atoms with Gasteiger partial charge in [0.15, 0.2) is 0 Å². The van der Waals surface area contributed by atoms with Crippen molar-refractivity contribution in [3.05, 3.63) is 23.9 Å². The lowest BCUT2D eigenvalue weighted by atomic mass is 10.2. The van der Waals surface area contributed by atoms with Crippen molar-refractivity contribution in [2.45, 2.75) is 32.6 Å². The molecule has 96 valence electrons. The molecule has 3 N–H and O–H groups in total. The van der Waals surface area contributed by atoms with Crippen molar-refractivity contribution in [1.82, 2.24) is 10.3 Å². The van der Waals surface area contributed by atoms with Crippen LogP contribution >= 0.6 is 0 Å². The molecule has 1 heterocycles. The van der Waals surface area contributed by atoms with Crippen molar-refractivity contribution in [2.24, 2.45) is 0 Å². The molecule has 0 aromatic carbocycles. The Labute approximate surface area is 101 Å². The fourth-order valence-corrected chi connectivity index (χ4v) is 1.33. The van der Waals surface area contributed by atoms with Crippen LogP contribution in [-0.4, -0.2) is 40.6 Å². The van der Waals surface area contributed by atoms with Crippen molar-refractivity contribution in [1.29, 1.82) is 0 Å². The third kappa shape index (κ3) is 5.12. The van der Waals surface area contributed by atoms with Gasteiger partial charge in [-0.15, -0.1) is 0 Å². The van der Waals surface area contributed by atoms with Crippen LogP contribution < -0.4 is 10.1 Å². The van der Waals surface area contributed by atoms with Gasteiger partial charge in [0.2, 0.25) is 5.88 Å². The molecule has 1 aromatic rings. The quantitative estimate of drug-likeness (QED) is 0.639. The smallest absolute Gasteiger partial charge is 0.218 e. The molecule has 0 radical (unpaired) electrons. The van der Waals surface area contributed by atoms with Gasteiger partial charge >= 0.3 is 0 Å². The van der Waals surface area contributed by atoms with Gasteiger partial charge in [0, 0.05) is 24.8 Å². The summed E-state index contributed by atoms with van der Waals surface area (Å²) in [5, 5.41) is 20.9. The third-order valence-corrected chi connectivity index (χ3v) is 2.10. The number of aliphatic hydroxyl groups excluding tert-OH is 2. The first-order chi connectivity index (χ1) is 8.13. The van der Waals surface area contributed by atoms with Crippen molar-refractivity contribution in [2.75, 3.05) is 13.2 Å². The highest BCUT2D eigenvalue weighted by Gasteiger charge is 2.07. The Hall–Kier alpha value is -1.17. The molecule has 0 fully saturated rings. The third-order valence-electron chi connectivity index (χ3n) is 2.10. The number of pyridine rings is 1. The van der Waals surface area contributed by atoms with E-state index in [0.717, 1.165) is 5.56 Å². The van der Waals surface area contributed by atoms with Gasteiger partial charge in [0.05, 0.1) is 18.8 Å². The van der Waals surface area contributed by atoms with E-state index in [1.165, 1.54) is 0 Å². The van der Waals surface area contributed by atoms with E-state index in [1.807, 2.05) is 26.0 Å². The Morgan fingerprint density at radius 2 is 2.24 bits per heavy atom. The maximum absolute atomic E-state index is 9.19. The highest BCUT2D eigenvalue weighted by atomic mass is 16.5. The monoisotopic (exact) mass is 240 g/mol. The fraction of sp³-hybridized carbons (Fsp3) is 0.583. The first-order valence-electron chi connectivity index (χ1n) is 5.73. The summed E-state index contributed by atoms with van der Waals surface area (Å²) in [4.78, 5) is 4.16. The van der Waals surface area contributed by atoms with E-state index in [2.05, 4.69) is 10.3 Å². The molecule has 0 aliphatic heterocycles.